The van der Waals surface area contributed by atoms with Gasteiger partial charge in [0.05, 0.1) is 6.10 Å². The molecule has 0 radical (unpaired) electrons. The molecular weight excluding hydrogens is 352 g/mol. The van der Waals surface area contributed by atoms with E-state index in [9.17, 15) is 17.8 Å². The molecule has 0 aromatic heterocycles. The summed E-state index contributed by atoms with van der Waals surface area (Å²) in [4.78, 5) is 13.4. The maximum absolute atomic E-state index is 13.4. The first-order valence-corrected chi connectivity index (χ1v) is 12.1. The molecule has 26 heavy (non-hydrogen) atoms. The van der Waals surface area contributed by atoms with E-state index >= 15 is 0 Å². The highest BCUT2D eigenvalue weighted by Gasteiger charge is 2.45. The zero-order chi connectivity index (χ0) is 18.6. The van der Waals surface area contributed by atoms with Gasteiger partial charge in [-0.05, 0) is 50.4 Å². The Labute approximate surface area is 158 Å². The van der Waals surface area contributed by atoms with Crippen molar-refractivity contribution in [3.63, 3.8) is 0 Å². The number of ketones is 1. The lowest BCUT2D eigenvalue weighted by molar-refractivity contribution is -0.137. The molecule has 6 heteroatoms. The number of carbonyl (C=O) groups excluding carboxylic acids is 1. The highest BCUT2D eigenvalue weighted by atomic mass is 32.2. The van der Waals surface area contributed by atoms with Crippen molar-refractivity contribution >= 4 is 15.9 Å². The second-order valence-corrected chi connectivity index (χ2v) is 10.1. The van der Waals surface area contributed by atoms with E-state index in [1.54, 1.807) is 0 Å². The Bertz CT molecular complexity index is 537. The molecule has 0 aromatic rings. The van der Waals surface area contributed by atoms with Crippen LogP contribution in [-0.4, -0.2) is 30.3 Å². The van der Waals surface area contributed by atoms with Crippen LogP contribution in [0.2, 0.25) is 0 Å². The van der Waals surface area contributed by atoms with Gasteiger partial charge in [-0.2, -0.15) is 8.42 Å². The van der Waals surface area contributed by atoms with Gasteiger partial charge in [0.2, 0.25) is 5.44 Å². The third kappa shape index (κ3) is 5.08. The normalized spacial score (nSPS) is 25.6. The molecule has 150 valence electrons. The smallest absolute Gasteiger partial charge is 0.299 e. The predicted octanol–water partition coefficient (Wildman–Crippen LogP) is 4.51. The van der Waals surface area contributed by atoms with Crippen molar-refractivity contribution < 1.29 is 22.5 Å². The Morgan fingerprint density at radius 1 is 0.769 bits per heavy atom. The summed E-state index contributed by atoms with van der Waals surface area (Å²) in [6.45, 7) is 0. The van der Waals surface area contributed by atoms with Gasteiger partial charge in [0.1, 0.15) is 0 Å². The quantitative estimate of drug-likeness (QED) is 0.651. The highest BCUT2D eigenvalue weighted by molar-refractivity contribution is 7.87. The number of hydrogen-bond acceptors (Lipinski definition) is 4. The second-order valence-electron chi connectivity index (χ2n) is 8.61. The van der Waals surface area contributed by atoms with Crippen LogP contribution in [0.25, 0.3) is 0 Å². The lowest BCUT2D eigenvalue weighted by Gasteiger charge is -2.38. The number of rotatable bonds is 7. The zero-order valence-corrected chi connectivity index (χ0v) is 16.6. The van der Waals surface area contributed by atoms with E-state index in [0.717, 1.165) is 77.0 Å². The third-order valence-corrected chi connectivity index (χ3v) is 7.65. The summed E-state index contributed by atoms with van der Waals surface area (Å²) >= 11 is 0. The maximum atomic E-state index is 13.4. The average Bonchev–Trinajstić information content (AvgIpc) is 3.14. The van der Waals surface area contributed by atoms with Gasteiger partial charge in [0.25, 0.3) is 10.1 Å². The fourth-order valence-corrected chi connectivity index (χ4v) is 6.22. The van der Waals surface area contributed by atoms with E-state index in [1.165, 1.54) is 12.8 Å². The van der Waals surface area contributed by atoms with Gasteiger partial charge in [-0.3, -0.25) is 9.35 Å². The van der Waals surface area contributed by atoms with Gasteiger partial charge >= 0.3 is 0 Å². The Kier molecular flexibility index (Phi) is 7.14. The van der Waals surface area contributed by atoms with Gasteiger partial charge in [0.15, 0.2) is 5.78 Å². The van der Waals surface area contributed by atoms with Crippen LogP contribution in [-0.2, 0) is 19.6 Å². The first-order valence-electron chi connectivity index (χ1n) is 10.6. The lowest BCUT2D eigenvalue weighted by atomic mass is 9.68. The summed E-state index contributed by atoms with van der Waals surface area (Å²) in [5.74, 6) is -0.145. The largest absolute Gasteiger partial charge is 0.350 e. The first-order chi connectivity index (χ1) is 12.5. The summed E-state index contributed by atoms with van der Waals surface area (Å²) < 4.78 is 39.6. The monoisotopic (exact) mass is 386 g/mol. The van der Waals surface area contributed by atoms with E-state index in [4.69, 9.17) is 4.74 Å². The molecule has 1 N–H and O–H groups in total. The van der Waals surface area contributed by atoms with Crippen molar-refractivity contribution in [2.45, 2.75) is 101 Å². The maximum Gasteiger partial charge on any atom is 0.299 e. The molecule has 0 aliphatic heterocycles. The van der Waals surface area contributed by atoms with E-state index in [0.29, 0.717) is 0 Å². The van der Waals surface area contributed by atoms with Crippen LogP contribution in [0.3, 0.4) is 0 Å². The number of hydrogen-bond donors (Lipinski definition) is 1. The van der Waals surface area contributed by atoms with Gasteiger partial charge in [-0.1, -0.05) is 51.4 Å². The van der Waals surface area contributed by atoms with Crippen LogP contribution in [0.5, 0.6) is 0 Å². The van der Waals surface area contributed by atoms with Crippen LogP contribution < -0.4 is 0 Å². The topological polar surface area (TPSA) is 80.7 Å². The summed E-state index contributed by atoms with van der Waals surface area (Å²) in [5, 5.41) is 0. The fraction of sp³-hybridized carbons (Fsp3) is 0.950. The molecule has 3 fully saturated rings. The van der Waals surface area contributed by atoms with Crippen molar-refractivity contribution in [3.8, 4) is 0 Å². The molecule has 0 heterocycles. The highest BCUT2D eigenvalue weighted by Crippen LogP contribution is 2.42. The molecule has 1 atom stereocenters. The summed E-state index contributed by atoms with van der Waals surface area (Å²) in [6.07, 6.45) is 14.1. The number of carbonyl (C=O) groups is 1. The van der Waals surface area contributed by atoms with Crippen LogP contribution >= 0.6 is 0 Å². The van der Waals surface area contributed by atoms with Crippen molar-refractivity contribution in [2.75, 3.05) is 0 Å². The minimum absolute atomic E-state index is 0.218. The summed E-state index contributed by atoms with van der Waals surface area (Å²) in [6, 6.07) is 0. The van der Waals surface area contributed by atoms with E-state index in [1.807, 2.05) is 0 Å². The summed E-state index contributed by atoms with van der Waals surface area (Å²) in [5.41, 5.74) is -1.68. The van der Waals surface area contributed by atoms with E-state index in [-0.39, 0.29) is 29.6 Å². The molecule has 1 unspecified atom stereocenters. The predicted molar refractivity (Wildman–Crippen MR) is 100 cm³/mol. The number of Topliss-reactive ketones (excluding diaryl/α,β-unsaturated/α-hetero) is 1. The van der Waals surface area contributed by atoms with Crippen molar-refractivity contribution in [1.29, 1.82) is 0 Å². The van der Waals surface area contributed by atoms with E-state index < -0.39 is 15.6 Å². The molecular formula is C20H34O5S. The third-order valence-electron chi connectivity index (χ3n) is 6.77. The standard InChI is InChI=1S/C20H34O5S/c21-19(20(26(22,23)24)25-17-13-7-8-14-17)18(15-9-3-1-4-10-15)16-11-5-2-6-12-16/h15-18,20H,1-14H2,(H,22,23,24). The molecule has 5 nitrogen and oxygen atoms in total. The molecule has 0 saturated heterocycles. The van der Waals surface area contributed by atoms with Crippen molar-refractivity contribution in [2.24, 2.45) is 17.8 Å². The Morgan fingerprint density at radius 2 is 1.19 bits per heavy atom. The van der Waals surface area contributed by atoms with Crippen molar-refractivity contribution in [3.05, 3.63) is 0 Å². The van der Waals surface area contributed by atoms with Gasteiger partial charge in [-0.15, -0.1) is 0 Å². The molecule has 0 amide bonds. The second kappa shape index (κ2) is 9.16. The molecule has 0 aromatic carbocycles. The van der Waals surface area contributed by atoms with Crippen molar-refractivity contribution in [1.82, 2.24) is 0 Å². The lowest BCUT2D eigenvalue weighted by Crippen LogP contribution is -2.45. The molecule has 0 spiro atoms. The fourth-order valence-electron chi connectivity index (χ4n) is 5.48. The average molecular weight is 387 g/mol. The van der Waals surface area contributed by atoms with Gasteiger partial charge < -0.3 is 4.74 Å². The Morgan fingerprint density at radius 3 is 1.62 bits per heavy atom. The number of ether oxygens (including phenoxy) is 1. The Balaban J connectivity index is 1.82. The first kappa shape index (κ1) is 20.3. The van der Waals surface area contributed by atoms with Gasteiger partial charge in [0, 0.05) is 5.92 Å². The zero-order valence-electron chi connectivity index (χ0n) is 15.8. The molecule has 3 aliphatic carbocycles. The van der Waals surface area contributed by atoms with Crippen LogP contribution in [0.15, 0.2) is 0 Å². The van der Waals surface area contributed by atoms with Gasteiger partial charge in [-0.25, -0.2) is 0 Å². The van der Waals surface area contributed by atoms with Crippen LogP contribution in [0.4, 0.5) is 0 Å². The molecule has 0 bridgehead atoms. The minimum atomic E-state index is -4.55. The molecule has 3 saturated carbocycles. The van der Waals surface area contributed by atoms with Crippen LogP contribution in [0, 0.1) is 17.8 Å². The minimum Gasteiger partial charge on any atom is -0.350 e. The Hall–Kier alpha value is -0.460. The van der Waals surface area contributed by atoms with E-state index in [2.05, 4.69) is 0 Å². The molecule has 3 aliphatic rings. The molecule has 3 rings (SSSR count). The summed E-state index contributed by atoms with van der Waals surface area (Å²) in [7, 11) is -4.55. The SMILES string of the molecule is O=C(C(C1CCCCC1)C1CCCCC1)C(OC1CCCC1)S(=O)(=O)O. The van der Waals surface area contributed by atoms with Crippen LogP contribution in [0.1, 0.15) is 89.9 Å².